The van der Waals surface area contributed by atoms with Gasteiger partial charge in [-0.1, -0.05) is 18.2 Å². The van der Waals surface area contributed by atoms with Gasteiger partial charge in [-0.2, -0.15) is 0 Å². The fraction of sp³-hybridized carbons (Fsp3) is 0.357. The highest BCUT2D eigenvalue weighted by Gasteiger charge is 2.29. The molecule has 1 aromatic heterocycles. The van der Waals surface area contributed by atoms with Crippen molar-refractivity contribution in [1.82, 2.24) is 5.32 Å². The van der Waals surface area contributed by atoms with Gasteiger partial charge in [0.05, 0.1) is 5.69 Å². The Bertz CT molecular complexity index is 601. The lowest BCUT2D eigenvalue weighted by Gasteiger charge is -2.11. The fourth-order valence-electron chi connectivity index (χ4n) is 2.22. The van der Waals surface area contributed by atoms with Crippen molar-refractivity contribution in [2.45, 2.75) is 25.8 Å². The van der Waals surface area contributed by atoms with Crippen molar-refractivity contribution in [2.24, 2.45) is 5.92 Å². The van der Waals surface area contributed by atoms with Crippen molar-refractivity contribution in [3.63, 3.8) is 0 Å². The Kier molecular flexibility index (Phi) is 2.74. The van der Waals surface area contributed by atoms with Gasteiger partial charge in [0.25, 0.3) is 5.91 Å². The summed E-state index contributed by atoms with van der Waals surface area (Å²) < 4.78 is 1.07. The topological polar surface area (TPSA) is 55.1 Å². The maximum atomic E-state index is 12.2. The first-order valence-corrected chi connectivity index (χ1v) is 7.06. The van der Waals surface area contributed by atoms with E-state index < -0.39 is 0 Å². The summed E-state index contributed by atoms with van der Waals surface area (Å²) in [5, 5.41) is 4.03. The standard InChI is InChI=1S/C14H16N2OS/c1-8(9-6-7-9)16-14(17)13-12(15)10-4-2-3-5-11(10)18-13/h2-5,8-9H,6-7,15H2,1H3,(H,16,17). The van der Waals surface area contributed by atoms with E-state index in [0.717, 1.165) is 10.1 Å². The minimum Gasteiger partial charge on any atom is -0.397 e. The normalized spacial score (nSPS) is 16.7. The fourth-order valence-corrected chi connectivity index (χ4v) is 3.25. The Hall–Kier alpha value is -1.55. The highest BCUT2D eigenvalue weighted by atomic mass is 32.1. The van der Waals surface area contributed by atoms with Gasteiger partial charge in [-0.15, -0.1) is 11.3 Å². The van der Waals surface area contributed by atoms with Crippen molar-refractivity contribution in [2.75, 3.05) is 5.73 Å². The summed E-state index contributed by atoms with van der Waals surface area (Å²) in [6.07, 6.45) is 2.45. The van der Waals surface area contributed by atoms with Crippen molar-refractivity contribution in [3.05, 3.63) is 29.1 Å². The van der Waals surface area contributed by atoms with Crippen LogP contribution in [0.1, 0.15) is 29.4 Å². The van der Waals surface area contributed by atoms with E-state index in [1.165, 1.54) is 24.2 Å². The van der Waals surface area contributed by atoms with E-state index in [4.69, 9.17) is 5.73 Å². The van der Waals surface area contributed by atoms with Crippen LogP contribution in [0.25, 0.3) is 10.1 Å². The summed E-state index contributed by atoms with van der Waals surface area (Å²) in [5.74, 6) is 0.623. The monoisotopic (exact) mass is 260 g/mol. The average molecular weight is 260 g/mol. The molecule has 3 N–H and O–H groups in total. The van der Waals surface area contributed by atoms with Gasteiger partial charge in [-0.3, -0.25) is 4.79 Å². The molecule has 0 bridgehead atoms. The van der Waals surface area contributed by atoms with E-state index in [2.05, 4.69) is 12.2 Å². The third-order valence-corrected chi connectivity index (χ3v) is 4.71. The summed E-state index contributed by atoms with van der Waals surface area (Å²) in [6, 6.07) is 8.12. The van der Waals surface area contributed by atoms with Gasteiger partial charge in [0.15, 0.2) is 0 Å². The van der Waals surface area contributed by atoms with Crippen LogP contribution in [0.15, 0.2) is 24.3 Å². The van der Waals surface area contributed by atoms with Crippen LogP contribution in [-0.2, 0) is 0 Å². The molecule has 3 nitrogen and oxygen atoms in total. The first-order valence-electron chi connectivity index (χ1n) is 6.24. The van der Waals surface area contributed by atoms with E-state index >= 15 is 0 Å². The number of hydrogen-bond acceptors (Lipinski definition) is 3. The number of nitrogens with one attached hydrogen (secondary N) is 1. The van der Waals surface area contributed by atoms with Crippen LogP contribution in [-0.4, -0.2) is 11.9 Å². The Morgan fingerprint density at radius 3 is 2.83 bits per heavy atom. The maximum absolute atomic E-state index is 12.2. The third-order valence-electron chi connectivity index (χ3n) is 3.53. The predicted molar refractivity (Wildman–Crippen MR) is 75.9 cm³/mol. The number of nitrogens with two attached hydrogens (primary N) is 1. The zero-order chi connectivity index (χ0) is 12.7. The van der Waals surface area contributed by atoms with Gasteiger partial charge in [0.1, 0.15) is 4.88 Å². The molecule has 1 saturated carbocycles. The molecule has 94 valence electrons. The van der Waals surface area contributed by atoms with Crippen molar-refractivity contribution in [1.29, 1.82) is 0 Å². The van der Waals surface area contributed by atoms with Crippen LogP contribution in [0, 0.1) is 5.92 Å². The smallest absolute Gasteiger partial charge is 0.263 e. The summed E-state index contributed by atoms with van der Waals surface area (Å²) in [7, 11) is 0. The summed E-state index contributed by atoms with van der Waals surface area (Å²) in [6.45, 7) is 2.07. The van der Waals surface area contributed by atoms with Crippen LogP contribution >= 0.6 is 11.3 Å². The second kappa shape index (κ2) is 4.28. The minimum atomic E-state index is -0.0342. The van der Waals surface area contributed by atoms with E-state index in [9.17, 15) is 4.79 Å². The minimum absolute atomic E-state index is 0.0342. The number of rotatable bonds is 3. The van der Waals surface area contributed by atoms with Gasteiger partial charge in [-0.25, -0.2) is 0 Å². The number of hydrogen-bond donors (Lipinski definition) is 2. The van der Waals surface area contributed by atoms with Gasteiger partial charge < -0.3 is 11.1 Å². The third kappa shape index (κ3) is 1.97. The number of benzene rings is 1. The average Bonchev–Trinajstić information content (AvgIpc) is 3.15. The predicted octanol–water partition coefficient (Wildman–Crippen LogP) is 3.01. The number of amides is 1. The Morgan fingerprint density at radius 2 is 2.17 bits per heavy atom. The number of anilines is 1. The molecular weight excluding hydrogens is 244 g/mol. The maximum Gasteiger partial charge on any atom is 0.263 e. The molecule has 0 saturated heterocycles. The number of nitrogen functional groups attached to an aromatic ring is 1. The molecule has 1 aliphatic carbocycles. The second-order valence-corrected chi connectivity index (χ2v) is 5.99. The Balaban J connectivity index is 1.88. The molecule has 18 heavy (non-hydrogen) atoms. The molecule has 1 unspecified atom stereocenters. The quantitative estimate of drug-likeness (QED) is 0.891. The lowest BCUT2D eigenvalue weighted by molar-refractivity contribution is 0.0941. The van der Waals surface area contributed by atoms with Crippen LogP contribution in [0.4, 0.5) is 5.69 Å². The van der Waals surface area contributed by atoms with E-state index in [1.54, 1.807) is 0 Å². The van der Waals surface area contributed by atoms with Crippen molar-refractivity contribution in [3.8, 4) is 0 Å². The van der Waals surface area contributed by atoms with Crippen LogP contribution in [0.5, 0.6) is 0 Å². The van der Waals surface area contributed by atoms with E-state index in [0.29, 0.717) is 16.5 Å². The molecule has 0 radical (unpaired) electrons. The highest BCUT2D eigenvalue weighted by molar-refractivity contribution is 7.21. The first-order chi connectivity index (χ1) is 8.66. The van der Waals surface area contributed by atoms with Crippen LogP contribution in [0.2, 0.25) is 0 Å². The Morgan fingerprint density at radius 1 is 1.44 bits per heavy atom. The molecule has 1 atom stereocenters. The van der Waals surface area contributed by atoms with Gasteiger partial charge in [0, 0.05) is 16.1 Å². The molecule has 2 aromatic rings. The number of carbonyl (C=O) groups excluding carboxylic acids is 1. The van der Waals surface area contributed by atoms with Crippen LogP contribution in [0.3, 0.4) is 0 Å². The SMILES string of the molecule is CC(NC(=O)c1sc2ccccc2c1N)C1CC1. The summed E-state index contributed by atoms with van der Waals surface area (Å²) in [5.41, 5.74) is 6.66. The first kappa shape index (κ1) is 11.5. The van der Waals surface area contributed by atoms with E-state index in [1.807, 2.05) is 24.3 Å². The number of carbonyl (C=O) groups is 1. The van der Waals surface area contributed by atoms with Crippen LogP contribution < -0.4 is 11.1 Å². The largest absolute Gasteiger partial charge is 0.397 e. The molecule has 4 heteroatoms. The van der Waals surface area contributed by atoms with Crippen molar-refractivity contribution >= 4 is 33.0 Å². The number of thiophene rings is 1. The molecule has 0 aliphatic heterocycles. The number of fused-ring (bicyclic) bond motifs is 1. The molecule has 0 spiro atoms. The molecule has 1 amide bonds. The highest BCUT2D eigenvalue weighted by Crippen LogP contribution is 2.35. The lowest BCUT2D eigenvalue weighted by Crippen LogP contribution is -2.33. The van der Waals surface area contributed by atoms with Gasteiger partial charge >= 0.3 is 0 Å². The molecule has 1 fully saturated rings. The van der Waals surface area contributed by atoms with E-state index in [-0.39, 0.29) is 11.9 Å². The second-order valence-electron chi connectivity index (χ2n) is 4.94. The zero-order valence-corrected chi connectivity index (χ0v) is 11.1. The molecule has 1 aromatic carbocycles. The van der Waals surface area contributed by atoms with Gasteiger partial charge in [-0.05, 0) is 31.7 Å². The Labute approximate surface area is 110 Å². The van der Waals surface area contributed by atoms with Gasteiger partial charge in [0.2, 0.25) is 0 Å². The molecule has 1 heterocycles. The summed E-state index contributed by atoms with van der Waals surface area (Å²) in [4.78, 5) is 12.8. The summed E-state index contributed by atoms with van der Waals surface area (Å²) >= 11 is 1.47. The van der Waals surface area contributed by atoms with Crippen molar-refractivity contribution < 1.29 is 4.79 Å². The molecule has 3 rings (SSSR count). The molecular formula is C14H16N2OS. The lowest BCUT2D eigenvalue weighted by atomic mass is 10.2. The molecule has 1 aliphatic rings. The zero-order valence-electron chi connectivity index (χ0n) is 10.3.